The number of anilines is 1. The second kappa shape index (κ2) is 8.14. The van der Waals surface area contributed by atoms with Crippen LogP contribution in [-0.2, 0) is 21.6 Å². The molecule has 9 nitrogen and oxygen atoms in total. The summed E-state index contributed by atoms with van der Waals surface area (Å²) in [6.45, 7) is 7.18. The lowest BCUT2D eigenvalue weighted by Crippen LogP contribution is -2.48. The molecule has 0 bridgehead atoms. The molecule has 1 atom stereocenters. The molecule has 3 amide bonds. The van der Waals surface area contributed by atoms with E-state index in [2.05, 4.69) is 20.9 Å². The lowest BCUT2D eigenvalue weighted by molar-refractivity contribution is -0.123. The summed E-state index contributed by atoms with van der Waals surface area (Å²) in [5.74, 6) is 0.863. The van der Waals surface area contributed by atoms with Crippen molar-refractivity contribution in [2.75, 3.05) is 31.6 Å². The molecule has 1 aromatic heterocycles. The van der Waals surface area contributed by atoms with Gasteiger partial charge in [-0.05, 0) is 39.0 Å². The molecule has 1 unspecified atom stereocenters. The van der Waals surface area contributed by atoms with Gasteiger partial charge in [0.1, 0.15) is 0 Å². The van der Waals surface area contributed by atoms with E-state index in [0.717, 1.165) is 43.7 Å². The number of fused-ring (bicyclic) bond motifs is 1. The van der Waals surface area contributed by atoms with Crippen LogP contribution in [0.3, 0.4) is 0 Å². The van der Waals surface area contributed by atoms with E-state index in [1.807, 2.05) is 20.0 Å². The average molecular weight is 402 g/mol. The van der Waals surface area contributed by atoms with Crippen molar-refractivity contribution in [3.05, 3.63) is 17.5 Å². The number of ether oxygens (including phenoxy) is 1. The summed E-state index contributed by atoms with van der Waals surface area (Å²) < 4.78 is 5.40. The zero-order valence-electron chi connectivity index (χ0n) is 17.2. The van der Waals surface area contributed by atoms with Gasteiger partial charge < -0.3 is 25.6 Å². The highest BCUT2D eigenvalue weighted by Gasteiger charge is 2.42. The maximum atomic E-state index is 12.9. The fourth-order valence-corrected chi connectivity index (χ4v) is 4.31. The van der Waals surface area contributed by atoms with Gasteiger partial charge >= 0.3 is 6.03 Å². The van der Waals surface area contributed by atoms with E-state index in [9.17, 15) is 9.59 Å². The van der Waals surface area contributed by atoms with Gasteiger partial charge in [0, 0.05) is 50.5 Å². The van der Waals surface area contributed by atoms with E-state index in [-0.39, 0.29) is 17.9 Å². The summed E-state index contributed by atoms with van der Waals surface area (Å²) in [4.78, 5) is 35.4. The van der Waals surface area contributed by atoms with Crippen molar-refractivity contribution < 1.29 is 14.3 Å². The van der Waals surface area contributed by atoms with Crippen molar-refractivity contribution in [1.82, 2.24) is 25.5 Å². The van der Waals surface area contributed by atoms with Crippen LogP contribution in [0, 0.1) is 5.92 Å². The third kappa shape index (κ3) is 4.29. The maximum Gasteiger partial charge on any atom is 0.318 e. The van der Waals surface area contributed by atoms with Crippen LogP contribution in [0.1, 0.15) is 50.8 Å². The second-order valence-electron chi connectivity index (χ2n) is 8.62. The maximum absolute atomic E-state index is 12.9. The number of nitrogens with one attached hydrogen (secondary N) is 3. The van der Waals surface area contributed by atoms with Gasteiger partial charge in [-0.25, -0.2) is 14.8 Å². The minimum absolute atomic E-state index is 0.0595. The van der Waals surface area contributed by atoms with Gasteiger partial charge in [-0.2, -0.15) is 0 Å². The predicted molar refractivity (Wildman–Crippen MR) is 107 cm³/mol. The number of carbonyl (C=O) groups is 2. The molecule has 0 aliphatic carbocycles. The highest BCUT2D eigenvalue weighted by Crippen LogP contribution is 2.37. The third-order valence-corrected chi connectivity index (χ3v) is 6.20. The molecule has 0 radical (unpaired) electrons. The van der Waals surface area contributed by atoms with Gasteiger partial charge in [-0.15, -0.1) is 0 Å². The molecule has 0 spiro atoms. The minimum Gasteiger partial charge on any atom is -0.381 e. The van der Waals surface area contributed by atoms with Gasteiger partial charge in [0.15, 0.2) is 0 Å². The van der Waals surface area contributed by atoms with E-state index < -0.39 is 5.54 Å². The molecule has 2 saturated heterocycles. The SMILES string of the molecule is CC1(C)c2cnc(NC3CCOCC3)nc2CN1C(=O)NCC1CCNC(=O)C1. The van der Waals surface area contributed by atoms with Crippen LogP contribution in [0.5, 0.6) is 0 Å². The van der Waals surface area contributed by atoms with E-state index in [1.165, 1.54) is 0 Å². The topological polar surface area (TPSA) is 108 Å². The van der Waals surface area contributed by atoms with Crippen molar-refractivity contribution in [3.8, 4) is 0 Å². The summed E-state index contributed by atoms with van der Waals surface area (Å²) in [5, 5.41) is 9.23. The molecule has 1 aromatic rings. The second-order valence-corrected chi connectivity index (χ2v) is 8.62. The molecule has 3 aliphatic rings. The molecule has 158 valence electrons. The fourth-order valence-electron chi connectivity index (χ4n) is 4.31. The molecule has 3 N–H and O–H groups in total. The molecule has 2 fully saturated rings. The highest BCUT2D eigenvalue weighted by molar-refractivity contribution is 5.78. The first-order chi connectivity index (χ1) is 13.9. The number of nitrogens with zero attached hydrogens (tertiary/aromatic N) is 3. The Labute approximate surface area is 171 Å². The third-order valence-electron chi connectivity index (χ3n) is 6.20. The van der Waals surface area contributed by atoms with Crippen molar-refractivity contribution >= 4 is 17.9 Å². The first-order valence-electron chi connectivity index (χ1n) is 10.5. The van der Waals surface area contributed by atoms with Crippen LogP contribution in [0.25, 0.3) is 0 Å². The Morgan fingerprint density at radius 3 is 2.90 bits per heavy atom. The smallest absolute Gasteiger partial charge is 0.318 e. The summed E-state index contributed by atoms with van der Waals surface area (Å²) in [6.07, 6.45) is 5.08. The van der Waals surface area contributed by atoms with Crippen molar-refractivity contribution in [2.24, 2.45) is 5.92 Å². The van der Waals surface area contributed by atoms with Gasteiger partial charge in [0.2, 0.25) is 11.9 Å². The monoisotopic (exact) mass is 402 g/mol. The quantitative estimate of drug-likeness (QED) is 0.702. The summed E-state index contributed by atoms with van der Waals surface area (Å²) in [5.41, 5.74) is 1.37. The lowest BCUT2D eigenvalue weighted by atomic mass is 9.97. The number of rotatable bonds is 4. The largest absolute Gasteiger partial charge is 0.381 e. The summed E-state index contributed by atoms with van der Waals surface area (Å²) >= 11 is 0. The predicted octanol–water partition coefficient (Wildman–Crippen LogP) is 1.35. The van der Waals surface area contributed by atoms with Crippen molar-refractivity contribution in [3.63, 3.8) is 0 Å². The Morgan fingerprint density at radius 2 is 2.14 bits per heavy atom. The van der Waals surface area contributed by atoms with Crippen LogP contribution in [0.4, 0.5) is 10.7 Å². The van der Waals surface area contributed by atoms with Gasteiger partial charge in [0.25, 0.3) is 0 Å². The van der Waals surface area contributed by atoms with Crippen molar-refractivity contribution in [2.45, 2.75) is 57.7 Å². The van der Waals surface area contributed by atoms with Crippen LogP contribution in [0.15, 0.2) is 6.20 Å². The zero-order chi connectivity index (χ0) is 20.4. The molecule has 0 saturated carbocycles. The van der Waals surface area contributed by atoms with E-state index in [0.29, 0.717) is 38.0 Å². The fraction of sp³-hybridized carbons (Fsp3) is 0.700. The number of amides is 3. The first-order valence-corrected chi connectivity index (χ1v) is 10.5. The summed E-state index contributed by atoms with van der Waals surface area (Å²) in [6, 6.07) is 0.196. The molecular weight excluding hydrogens is 372 g/mol. The van der Waals surface area contributed by atoms with Crippen LogP contribution >= 0.6 is 0 Å². The van der Waals surface area contributed by atoms with Gasteiger partial charge in [-0.3, -0.25) is 4.79 Å². The van der Waals surface area contributed by atoms with Crippen LogP contribution in [-0.4, -0.2) is 59.2 Å². The number of piperidine rings is 1. The Kier molecular flexibility index (Phi) is 5.58. The Bertz CT molecular complexity index is 777. The zero-order valence-corrected chi connectivity index (χ0v) is 17.2. The Morgan fingerprint density at radius 1 is 1.34 bits per heavy atom. The average Bonchev–Trinajstić information content (AvgIpc) is 2.97. The number of hydrogen-bond donors (Lipinski definition) is 3. The van der Waals surface area contributed by atoms with E-state index in [4.69, 9.17) is 9.72 Å². The molecule has 3 aliphatic heterocycles. The van der Waals surface area contributed by atoms with E-state index in [1.54, 1.807) is 4.90 Å². The summed E-state index contributed by atoms with van der Waals surface area (Å²) in [7, 11) is 0. The van der Waals surface area contributed by atoms with Crippen molar-refractivity contribution in [1.29, 1.82) is 0 Å². The van der Waals surface area contributed by atoms with E-state index >= 15 is 0 Å². The first kappa shape index (κ1) is 19.9. The standard InChI is InChI=1S/C20H30N6O3/c1-20(2)15-11-22-18(24-14-4-7-29-8-5-14)25-16(15)12-26(20)19(28)23-10-13-3-6-21-17(27)9-13/h11,13-14H,3-10,12H2,1-2H3,(H,21,27)(H,23,28)(H,22,24,25). The van der Waals surface area contributed by atoms with Crippen LogP contribution in [0.2, 0.25) is 0 Å². The molecule has 9 heteroatoms. The molecule has 29 heavy (non-hydrogen) atoms. The number of carbonyl (C=O) groups excluding carboxylic acids is 2. The number of urea groups is 1. The number of hydrogen-bond acceptors (Lipinski definition) is 6. The molecule has 4 rings (SSSR count). The Hall–Kier alpha value is -2.42. The normalized spacial score (nSPS) is 24.0. The van der Waals surface area contributed by atoms with Gasteiger partial charge in [0.05, 0.1) is 17.8 Å². The Balaban J connectivity index is 1.39. The molecule has 0 aromatic carbocycles. The minimum atomic E-state index is -0.486. The lowest BCUT2D eigenvalue weighted by Gasteiger charge is -2.33. The number of aromatic nitrogens is 2. The highest BCUT2D eigenvalue weighted by atomic mass is 16.5. The molecule has 4 heterocycles. The van der Waals surface area contributed by atoms with Gasteiger partial charge in [-0.1, -0.05) is 0 Å². The molecular formula is C20H30N6O3. The van der Waals surface area contributed by atoms with Crippen LogP contribution < -0.4 is 16.0 Å².